The minimum absolute atomic E-state index is 0.0525. The molecule has 7 heteroatoms. The lowest BCUT2D eigenvalue weighted by molar-refractivity contribution is 0.0304. The van der Waals surface area contributed by atoms with Gasteiger partial charge in [0.25, 0.3) is 0 Å². The normalized spacial score (nSPS) is 30.0. The van der Waals surface area contributed by atoms with E-state index >= 15 is 0 Å². The molecule has 3 aromatic rings. The molecule has 1 aliphatic carbocycles. The van der Waals surface area contributed by atoms with Gasteiger partial charge in [-0.15, -0.1) is 0 Å². The number of benzene rings is 1. The number of aliphatic hydroxyl groups excluding tert-OH is 1. The van der Waals surface area contributed by atoms with Crippen LogP contribution >= 0.6 is 0 Å². The van der Waals surface area contributed by atoms with Crippen LogP contribution in [0.3, 0.4) is 0 Å². The molecule has 130 valence electrons. The van der Waals surface area contributed by atoms with Gasteiger partial charge in [-0.05, 0) is 30.7 Å². The molecule has 2 aromatic heterocycles. The van der Waals surface area contributed by atoms with Crippen molar-refractivity contribution >= 4 is 10.9 Å². The number of nitrogens with one attached hydrogen (secondary N) is 1. The largest absolute Gasteiger partial charge is 0.391 e. The number of likely N-dealkylation sites (tertiary alicyclic amines) is 1. The van der Waals surface area contributed by atoms with Gasteiger partial charge < -0.3 is 5.11 Å². The molecule has 3 heterocycles. The van der Waals surface area contributed by atoms with Crippen LogP contribution in [0.15, 0.2) is 36.9 Å². The second kappa shape index (κ2) is 5.93. The molecule has 1 saturated heterocycles. The van der Waals surface area contributed by atoms with E-state index in [0.29, 0.717) is 11.8 Å². The van der Waals surface area contributed by atoms with E-state index in [1.54, 1.807) is 12.7 Å². The summed E-state index contributed by atoms with van der Waals surface area (Å²) in [6.45, 7) is 2.99. The van der Waals surface area contributed by atoms with Crippen molar-refractivity contribution in [3.05, 3.63) is 42.6 Å². The van der Waals surface area contributed by atoms with Gasteiger partial charge in [-0.1, -0.05) is 18.2 Å². The number of aromatic nitrogens is 5. The predicted molar refractivity (Wildman–Crippen MR) is 92.7 cm³/mol. The van der Waals surface area contributed by atoms with Crippen LogP contribution in [0.4, 0.5) is 0 Å². The second-order valence-corrected chi connectivity index (χ2v) is 7.42. The number of rotatable bonds is 3. The van der Waals surface area contributed by atoms with Crippen molar-refractivity contribution < 1.29 is 5.11 Å². The summed E-state index contributed by atoms with van der Waals surface area (Å²) in [5.41, 5.74) is 2.21. The maximum Gasteiger partial charge on any atom is 0.137 e. The van der Waals surface area contributed by atoms with Crippen LogP contribution in [0, 0.1) is 11.8 Å². The van der Waals surface area contributed by atoms with Crippen molar-refractivity contribution in [3.8, 4) is 0 Å². The number of aromatic amines is 1. The summed E-state index contributed by atoms with van der Waals surface area (Å²) in [5, 5.41) is 23.6. The van der Waals surface area contributed by atoms with E-state index in [9.17, 15) is 5.11 Å². The number of fused-ring (bicyclic) bond motifs is 2. The summed E-state index contributed by atoms with van der Waals surface area (Å²) in [6, 6.07) is 8.30. The second-order valence-electron chi connectivity index (χ2n) is 7.42. The molecule has 1 aliphatic heterocycles. The Bertz CT molecular complexity index is 859. The molecule has 0 radical (unpaired) electrons. The van der Waals surface area contributed by atoms with Gasteiger partial charge in [-0.25, -0.2) is 9.67 Å². The van der Waals surface area contributed by atoms with Gasteiger partial charge in [-0.2, -0.15) is 10.2 Å². The summed E-state index contributed by atoms with van der Waals surface area (Å²) in [4.78, 5) is 6.52. The first-order valence-electron chi connectivity index (χ1n) is 8.94. The third-order valence-corrected chi connectivity index (χ3v) is 5.88. The lowest BCUT2D eigenvalue weighted by Gasteiger charge is -2.35. The summed E-state index contributed by atoms with van der Waals surface area (Å²) in [6.07, 6.45) is 4.74. The van der Waals surface area contributed by atoms with Gasteiger partial charge in [0.1, 0.15) is 12.7 Å². The number of para-hydroxylation sites is 1. The molecule has 7 nitrogen and oxygen atoms in total. The average molecular weight is 338 g/mol. The quantitative estimate of drug-likeness (QED) is 0.758. The molecule has 2 fully saturated rings. The molecule has 0 amide bonds. The van der Waals surface area contributed by atoms with Gasteiger partial charge in [0.05, 0.1) is 23.4 Å². The molecular weight excluding hydrogens is 316 g/mol. The molecule has 1 saturated carbocycles. The Labute approximate surface area is 145 Å². The Kier molecular flexibility index (Phi) is 3.57. The molecule has 1 aromatic carbocycles. The van der Waals surface area contributed by atoms with Gasteiger partial charge in [0, 0.05) is 25.0 Å². The summed E-state index contributed by atoms with van der Waals surface area (Å²) in [7, 11) is 0. The molecular formula is C18H22N6O. The summed E-state index contributed by atoms with van der Waals surface area (Å²) >= 11 is 0. The first kappa shape index (κ1) is 15.0. The van der Waals surface area contributed by atoms with Crippen LogP contribution in [0.2, 0.25) is 0 Å². The van der Waals surface area contributed by atoms with Crippen LogP contribution in [-0.4, -0.2) is 54.2 Å². The van der Waals surface area contributed by atoms with Gasteiger partial charge >= 0.3 is 0 Å². The monoisotopic (exact) mass is 338 g/mol. The van der Waals surface area contributed by atoms with Crippen molar-refractivity contribution in [2.45, 2.75) is 31.5 Å². The number of H-pyrrole nitrogens is 1. The van der Waals surface area contributed by atoms with Crippen LogP contribution in [0.25, 0.3) is 10.9 Å². The average Bonchev–Trinajstić information content (AvgIpc) is 3.34. The molecule has 5 rings (SSSR count). The fraction of sp³-hybridized carbons (Fsp3) is 0.500. The first-order chi connectivity index (χ1) is 12.3. The Morgan fingerprint density at radius 2 is 2.00 bits per heavy atom. The van der Waals surface area contributed by atoms with Crippen molar-refractivity contribution in [2.75, 3.05) is 13.1 Å². The Balaban J connectivity index is 1.31. The van der Waals surface area contributed by atoms with Crippen molar-refractivity contribution in [2.24, 2.45) is 11.8 Å². The fourth-order valence-electron chi connectivity index (χ4n) is 4.66. The lowest BCUT2D eigenvalue weighted by Crippen LogP contribution is -2.36. The predicted octanol–water partition coefficient (Wildman–Crippen LogP) is 1.60. The highest BCUT2D eigenvalue weighted by molar-refractivity contribution is 5.81. The van der Waals surface area contributed by atoms with Crippen LogP contribution in [0.5, 0.6) is 0 Å². The van der Waals surface area contributed by atoms with Gasteiger partial charge in [0.15, 0.2) is 0 Å². The lowest BCUT2D eigenvalue weighted by atomic mass is 9.77. The van der Waals surface area contributed by atoms with E-state index in [4.69, 9.17) is 0 Å². The third kappa shape index (κ3) is 2.63. The van der Waals surface area contributed by atoms with Crippen LogP contribution in [-0.2, 0) is 6.54 Å². The molecule has 2 aliphatic rings. The summed E-state index contributed by atoms with van der Waals surface area (Å²) in [5.74, 6) is 1.16. The Morgan fingerprint density at radius 3 is 2.84 bits per heavy atom. The zero-order valence-corrected chi connectivity index (χ0v) is 14.0. The maximum atomic E-state index is 10.5. The molecule has 25 heavy (non-hydrogen) atoms. The highest BCUT2D eigenvalue weighted by Crippen LogP contribution is 2.41. The van der Waals surface area contributed by atoms with E-state index in [0.717, 1.165) is 38.0 Å². The Hall–Kier alpha value is -2.25. The molecule has 4 atom stereocenters. The summed E-state index contributed by atoms with van der Waals surface area (Å²) < 4.78 is 1.83. The Morgan fingerprint density at radius 1 is 1.16 bits per heavy atom. The van der Waals surface area contributed by atoms with E-state index in [-0.39, 0.29) is 12.1 Å². The standard InChI is InChI=1S/C18H22N6O/c25-18-6-13-8-23(7-12(13)5-17(18)24-11-19-10-20-24)9-16-14-3-1-2-4-15(14)21-22-16/h1-4,10-13,17-18,25H,5-9H2,(H,21,22)/t12-,13+,17-,18-/m1/s1. The molecule has 0 spiro atoms. The molecule has 0 unspecified atom stereocenters. The zero-order chi connectivity index (χ0) is 16.8. The van der Waals surface area contributed by atoms with E-state index in [1.807, 2.05) is 16.8 Å². The zero-order valence-electron chi connectivity index (χ0n) is 14.0. The molecule has 2 N–H and O–H groups in total. The van der Waals surface area contributed by atoms with E-state index in [1.165, 1.54) is 11.1 Å². The third-order valence-electron chi connectivity index (χ3n) is 5.88. The van der Waals surface area contributed by atoms with Crippen molar-refractivity contribution in [3.63, 3.8) is 0 Å². The number of aliphatic hydroxyl groups is 1. The first-order valence-corrected chi connectivity index (χ1v) is 8.94. The SMILES string of the molecule is O[C@@H]1C[C@H]2CN(Cc3[nH]nc4ccccc34)C[C@H]2C[C@H]1n1cncn1. The van der Waals surface area contributed by atoms with Crippen molar-refractivity contribution in [1.82, 2.24) is 29.9 Å². The minimum atomic E-state index is -0.337. The van der Waals surface area contributed by atoms with E-state index < -0.39 is 0 Å². The highest BCUT2D eigenvalue weighted by Gasteiger charge is 2.42. The van der Waals surface area contributed by atoms with E-state index in [2.05, 4.69) is 37.3 Å². The smallest absolute Gasteiger partial charge is 0.137 e. The van der Waals surface area contributed by atoms with Gasteiger partial charge in [-0.3, -0.25) is 10.00 Å². The van der Waals surface area contributed by atoms with Crippen LogP contribution in [0.1, 0.15) is 24.6 Å². The molecule has 0 bridgehead atoms. The van der Waals surface area contributed by atoms with Gasteiger partial charge in [0.2, 0.25) is 0 Å². The highest BCUT2D eigenvalue weighted by atomic mass is 16.3. The number of hydrogen-bond acceptors (Lipinski definition) is 5. The van der Waals surface area contributed by atoms with Crippen molar-refractivity contribution in [1.29, 1.82) is 0 Å². The minimum Gasteiger partial charge on any atom is -0.391 e. The fourth-order valence-corrected chi connectivity index (χ4v) is 4.66. The number of nitrogens with zero attached hydrogens (tertiary/aromatic N) is 5. The van der Waals surface area contributed by atoms with Crippen LogP contribution < -0.4 is 0 Å². The topological polar surface area (TPSA) is 82.9 Å². The maximum absolute atomic E-state index is 10.5. The number of hydrogen-bond donors (Lipinski definition) is 2.